The van der Waals surface area contributed by atoms with Crippen molar-refractivity contribution in [1.82, 2.24) is 4.98 Å². The van der Waals surface area contributed by atoms with Crippen molar-refractivity contribution in [3.8, 4) is 5.75 Å². The number of aryl methyl sites for hydroxylation is 1. The van der Waals surface area contributed by atoms with Crippen LogP contribution in [-0.4, -0.2) is 23.5 Å². The van der Waals surface area contributed by atoms with Crippen molar-refractivity contribution in [2.24, 2.45) is 0 Å². The Kier molecular flexibility index (Phi) is 7.13. The van der Waals surface area contributed by atoms with E-state index in [4.69, 9.17) is 25.5 Å². The van der Waals surface area contributed by atoms with Crippen LogP contribution >= 0.6 is 11.6 Å². The van der Waals surface area contributed by atoms with Crippen LogP contribution in [-0.2, 0) is 22.6 Å². The predicted octanol–water partition coefficient (Wildman–Crippen LogP) is 5.73. The summed E-state index contributed by atoms with van der Waals surface area (Å²) in [6, 6.07) is 14.1. The molecule has 0 aliphatic rings. The van der Waals surface area contributed by atoms with Crippen molar-refractivity contribution in [3.05, 3.63) is 88.4 Å². The van der Waals surface area contributed by atoms with Crippen LogP contribution in [0.4, 0.5) is 5.69 Å². The Morgan fingerprint density at radius 2 is 1.97 bits per heavy atom. The molecular formula is C26H23ClN2O5. The molecule has 4 aromatic rings. The summed E-state index contributed by atoms with van der Waals surface area (Å²) >= 11 is 6.27. The largest absolute Gasteiger partial charge is 0.486 e. The van der Waals surface area contributed by atoms with Gasteiger partial charge in [-0.25, -0.2) is 4.79 Å². The van der Waals surface area contributed by atoms with E-state index in [2.05, 4.69) is 10.3 Å². The molecule has 174 valence electrons. The molecule has 0 fully saturated rings. The molecule has 34 heavy (non-hydrogen) atoms. The minimum atomic E-state index is -0.472. The topological polar surface area (TPSA) is 90.7 Å². The lowest BCUT2D eigenvalue weighted by Crippen LogP contribution is -2.15. The number of hydrogen-bond acceptors (Lipinski definition) is 6. The molecule has 4 rings (SSSR count). The number of halogens is 1. The lowest BCUT2D eigenvalue weighted by molar-refractivity contribution is -0.115. The first-order valence-electron chi connectivity index (χ1n) is 10.7. The van der Waals surface area contributed by atoms with E-state index in [0.29, 0.717) is 44.3 Å². The fourth-order valence-corrected chi connectivity index (χ4v) is 3.80. The Morgan fingerprint density at radius 1 is 1.15 bits per heavy atom. The average molecular weight is 479 g/mol. The second kappa shape index (κ2) is 10.4. The van der Waals surface area contributed by atoms with Gasteiger partial charge in [0.15, 0.2) is 5.76 Å². The zero-order valence-corrected chi connectivity index (χ0v) is 19.5. The van der Waals surface area contributed by atoms with Gasteiger partial charge in [0, 0.05) is 16.6 Å². The quantitative estimate of drug-likeness (QED) is 0.325. The monoisotopic (exact) mass is 478 g/mol. The summed E-state index contributed by atoms with van der Waals surface area (Å²) in [5, 5.41) is 3.94. The van der Waals surface area contributed by atoms with Gasteiger partial charge in [0.1, 0.15) is 23.5 Å². The first-order chi connectivity index (χ1) is 16.4. The summed E-state index contributed by atoms with van der Waals surface area (Å²) in [6.45, 7) is 3.88. The number of nitrogens with one attached hydrogen (secondary N) is 1. The Labute approximate surface area is 201 Å². The zero-order valence-electron chi connectivity index (χ0n) is 18.8. The van der Waals surface area contributed by atoms with Crippen LogP contribution in [0, 0.1) is 6.92 Å². The van der Waals surface area contributed by atoms with Crippen LogP contribution in [0.5, 0.6) is 5.75 Å². The molecule has 8 heteroatoms. The molecule has 1 amide bonds. The Morgan fingerprint density at radius 3 is 2.76 bits per heavy atom. The average Bonchev–Trinajstić information content (AvgIpc) is 3.17. The number of para-hydroxylation sites is 1. The number of amides is 1. The van der Waals surface area contributed by atoms with Gasteiger partial charge in [-0.2, -0.15) is 0 Å². The van der Waals surface area contributed by atoms with Gasteiger partial charge in [-0.3, -0.25) is 9.78 Å². The molecule has 0 spiro atoms. The number of carbonyl (C=O) groups excluding carboxylic acids is 2. The van der Waals surface area contributed by atoms with E-state index in [1.54, 1.807) is 49.6 Å². The summed E-state index contributed by atoms with van der Waals surface area (Å²) in [4.78, 5) is 29.1. The van der Waals surface area contributed by atoms with Gasteiger partial charge >= 0.3 is 5.97 Å². The van der Waals surface area contributed by atoms with E-state index in [-0.39, 0.29) is 25.5 Å². The second-order valence-corrected chi connectivity index (χ2v) is 8.05. The molecule has 0 aliphatic carbocycles. The van der Waals surface area contributed by atoms with Crippen molar-refractivity contribution in [1.29, 1.82) is 0 Å². The minimum Gasteiger partial charge on any atom is -0.486 e. The van der Waals surface area contributed by atoms with Crippen LogP contribution in [0.1, 0.15) is 34.2 Å². The van der Waals surface area contributed by atoms with Crippen molar-refractivity contribution in [3.63, 3.8) is 0 Å². The number of nitrogens with zero attached hydrogens (tertiary/aromatic N) is 1. The number of pyridine rings is 1. The number of benzene rings is 2. The van der Waals surface area contributed by atoms with E-state index in [1.165, 1.54) is 0 Å². The van der Waals surface area contributed by atoms with Gasteiger partial charge in [-0.1, -0.05) is 29.8 Å². The number of fused-ring (bicyclic) bond motifs is 1. The molecular weight excluding hydrogens is 456 g/mol. The molecule has 0 bridgehead atoms. The van der Waals surface area contributed by atoms with Gasteiger partial charge < -0.3 is 19.2 Å². The van der Waals surface area contributed by atoms with Gasteiger partial charge in [0.25, 0.3) is 0 Å². The second-order valence-electron chi connectivity index (χ2n) is 7.62. The molecule has 1 N–H and O–H groups in total. The minimum absolute atomic E-state index is 0.0102. The van der Waals surface area contributed by atoms with Crippen LogP contribution in [0.3, 0.4) is 0 Å². The Balaban J connectivity index is 1.51. The van der Waals surface area contributed by atoms with Gasteiger partial charge in [0.2, 0.25) is 5.91 Å². The molecule has 0 aliphatic heterocycles. The molecule has 2 aromatic carbocycles. The molecule has 0 saturated carbocycles. The summed E-state index contributed by atoms with van der Waals surface area (Å²) < 4.78 is 17.0. The van der Waals surface area contributed by atoms with Crippen molar-refractivity contribution < 1.29 is 23.5 Å². The summed E-state index contributed by atoms with van der Waals surface area (Å²) in [5.74, 6) is 0.125. The SMILES string of the molecule is CCOC(=O)c1c(COc2cc(Cl)cc(CC(=O)Nc3cnccc3C)c2)oc2ccccc12. The Bertz CT molecular complexity index is 1350. The first-order valence-corrected chi connectivity index (χ1v) is 11.1. The number of furan rings is 1. The van der Waals surface area contributed by atoms with E-state index in [9.17, 15) is 9.59 Å². The zero-order chi connectivity index (χ0) is 24.1. The normalized spacial score (nSPS) is 10.8. The molecule has 0 atom stereocenters. The smallest absolute Gasteiger partial charge is 0.342 e. The lowest BCUT2D eigenvalue weighted by atomic mass is 10.1. The van der Waals surface area contributed by atoms with E-state index < -0.39 is 5.97 Å². The maximum atomic E-state index is 12.5. The van der Waals surface area contributed by atoms with Crippen molar-refractivity contribution in [2.45, 2.75) is 26.9 Å². The number of ether oxygens (including phenoxy) is 2. The third-order valence-corrected chi connectivity index (χ3v) is 5.35. The van der Waals surface area contributed by atoms with E-state index >= 15 is 0 Å². The molecule has 0 saturated heterocycles. The molecule has 2 aromatic heterocycles. The maximum absolute atomic E-state index is 12.5. The van der Waals surface area contributed by atoms with Crippen LogP contribution in [0.15, 0.2) is 65.3 Å². The summed E-state index contributed by atoms with van der Waals surface area (Å²) in [5.41, 5.74) is 3.16. The maximum Gasteiger partial charge on any atom is 0.342 e. The Hall–Kier alpha value is -3.84. The van der Waals surface area contributed by atoms with E-state index in [0.717, 1.165) is 5.56 Å². The molecule has 0 unspecified atom stereocenters. The number of esters is 1. The number of anilines is 1. The summed E-state index contributed by atoms with van der Waals surface area (Å²) in [7, 11) is 0. The molecule has 2 heterocycles. The standard InChI is InChI=1S/C26H23ClN2O5/c1-3-32-26(31)25-20-6-4-5-7-22(20)34-23(25)15-33-19-11-17(10-18(27)13-19)12-24(30)29-21-14-28-9-8-16(21)2/h4-11,13-14H,3,12,15H2,1-2H3,(H,29,30). The summed E-state index contributed by atoms with van der Waals surface area (Å²) in [6.07, 6.45) is 3.37. The predicted molar refractivity (Wildman–Crippen MR) is 129 cm³/mol. The fraction of sp³-hybridized carbons (Fsp3) is 0.192. The van der Waals surface area contributed by atoms with Gasteiger partial charge in [-0.05, 0) is 55.3 Å². The number of carbonyl (C=O) groups is 2. The third kappa shape index (κ3) is 5.38. The lowest BCUT2D eigenvalue weighted by Gasteiger charge is -2.10. The van der Waals surface area contributed by atoms with E-state index in [1.807, 2.05) is 25.1 Å². The fourth-order valence-electron chi connectivity index (χ4n) is 3.55. The highest BCUT2D eigenvalue weighted by Crippen LogP contribution is 2.29. The van der Waals surface area contributed by atoms with Crippen LogP contribution < -0.4 is 10.1 Å². The highest BCUT2D eigenvalue weighted by molar-refractivity contribution is 6.30. The first kappa shape index (κ1) is 23.3. The molecule has 7 nitrogen and oxygen atoms in total. The van der Waals surface area contributed by atoms with Crippen LogP contribution in [0.2, 0.25) is 5.02 Å². The van der Waals surface area contributed by atoms with Crippen molar-refractivity contribution >= 4 is 40.1 Å². The molecule has 0 radical (unpaired) electrons. The number of aromatic nitrogens is 1. The number of hydrogen-bond donors (Lipinski definition) is 1. The van der Waals surface area contributed by atoms with Gasteiger partial charge in [-0.15, -0.1) is 0 Å². The highest BCUT2D eigenvalue weighted by Gasteiger charge is 2.22. The third-order valence-electron chi connectivity index (χ3n) is 5.13. The highest BCUT2D eigenvalue weighted by atomic mass is 35.5. The van der Waals surface area contributed by atoms with Crippen LogP contribution in [0.25, 0.3) is 11.0 Å². The van der Waals surface area contributed by atoms with Gasteiger partial charge in [0.05, 0.1) is 24.9 Å². The number of rotatable bonds is 8. The van der Waals surface area contributed by atoms with Crippen molar-refractivity contribution in [2.75, 3.05) is 11.9 Å².